The lowest BCUT2D eigenvalue weighted by Crippen LogP contribution is -2.03. The third-order valence-corrected chi connectivity index (χ3v) is 5.57. The smallest absolute Gasteiger partial charge is 0.207 e. The summed E-state index contributed by atoms with van der Waals surface area (Å²) in [7, 11) is 3.21. The van der Waals surface area contributed by atoms with Crippen LogP contribution in [0, 0.1) is 6.92 Å². The maximum absolute atomic E-state index is 12.2. The van der Waals surface area contributed by atoms with Crippen molar-refractivity contribution in [2.45, 2.75) is 39.0 Å². The monoisotopic (exact) mass is 602 g/mol. The molecule has 0 aliphatic heterocycles. The molecular weight excluding hydrogens is 579 g/mol. The lowest BCUT2D eigenvalue weighted by molar-refractivity contribution is 0.336. The van der Waals surface area contributed by atoms with Crippen molar-refractivity contribution < 1.29 is 22.9 Å². The molecule has 0 saturated carbocycles. The number of methoxy groups -OCH3 is 2. The van der Waals surface area contributed by atoms with Crippen LogP contribution >= 0.6 is 57.0 Å². The lowest BCUT2D eigenvalue weighted by Gasteiger charge is -2.22. The van der Waals surface area contributed by atoms with Crippen LogP contribution in [0.2, 0.25) is 0 Å². The quantitative estimate of drug-likeness (QED) is 0.151. The molecule has 0 fully saturated rings. The van der Waals surface area contributed by atoms with Crippen LogP contribution in [0.3, 0.4) is 0 Å². The predicted molar refractivity (Wildman–Crippen MR) is 118 cm³/mol. The number of hydrogen-bond donors (Lipinski definition) is 0. The molecular formula is C15H23FI2O4P2. The van der Waals surface area contributed by atoms with Gasteiger partial charge in [-0.3, -0.25) is 4.39 Å². The minimum Gasteiger partial charge on any atom is -0.490 e. The van der Waals surface area contributed by atoms with E-state index in [0.29, 0.717) is 23.7 Å². The number of hydrogen-bond acceptors (Lipinski definition) is 4. The fraction of sp³-hybridized carbons (Fsp3) is 0.600. The van der Waals surface area contributed by atoms with Crippen molar-refractivity contribution in [1.29, 1.82) is 0 Å². The Morgan fingerprint density at radius 2 is 1.38 bits per heavy atom. The van der Waals surface area contributed by atoms with Gasteiger partial charge < -0.3 is 18.5 Å². The van der Waals surface area contributed by atoms with Crippen LogP contribution in [0.25, 0.3) is 0 Å². The Morgan fingerprint density at radius 1 is 0.833 bits per heavy atom. The zero-order valence-corrected chi connectivity index (χ0v) is 20.3. The molecule has 0 aliphatic rings. The summed E-state index contributed by atoms with van der Waals surface area (Å²) in [4.78, 5) is 0. The summed E-state index contributed by atoms with van der Waals surface area (Å²) in [5, 5.41) is 0. The summed E-state index contributed by atoms with van der Waals surface area (Å²) in [5.74, 6) is 2.60. The van der Waals surface area contributed by atoms with E-state index in [9.17, 15) is 4.39 Å². The number of benzene rings is 1. The molecule has 0 saturated heterocycles. The third-order valence-electron chi connectivity index (χ3n) is 3.69. The molecule has 0 aliphatic carbocycles. The van der Waals surface area contributed by atoms with Gasteiger partial charge in [-0.2, -0.15) is 0 Å². The first-order valence-electron chi connectivity index (χ1n) is 7.54. The Bertz CT molecular complexity index is 521. The molecule has 2 atom stereocenters. The fourth-order valence-electron chi connectivity index (χ4n) is 2.55. The second kappa shape index (κ2) is 12.9. The highest BCUT2D eigenvalue weighted by Crippen LogP contribution is 2.53. The highest BCUT2D eigenvalue weighted by molar-refractivity contribution is 14.2. The molecule has 0 bridgehead atoms. The maximum Gasteiger partial charge on any atom is 0.207 e. The average Bonchev–Trinajstić information content (AvgIpc) is 2.59. The van der Waals surface area contributed by atoms with Crippen molar-refractivity contribution in [2.75, 3.05) is 20.9 Å². The van der Waals surface area contributed by atoms with Gasteiger partial charge in [-0.15, -0.1) is 0 Å². The van der Waals surface area contributed by atoms with Gasteiger partial charge in [0.15, 0.2) is 11.5 Å². The molecule has 0 heterocycles. The van der Waals surface area contributed by atoms with Gasteiger partial charge in [0.2, 0.25) is 11.5 Å². The Morgan fingerprint density at radius 3 is 1.92 bits per heavy atom. The Balaban J connectivity index is 3.23. The van der Waals surface area contributed by atoms with Gasteiger partial charge in [0, 0.05) is 11.1 Å². The standard InChI is InChI=1S/C15H23FI2O4P2/c1-10-11(8-6-4-5-7-9-16)13(22-24-18)15(20-3)14(19-2)12(10)21-23-17/h23-24H,4-9H2,1-3H3. The Hall–Kier alpha value is 0.670. The molecule has 0 radical (unpaired) electrons. The second-order valence-electron chi connectivity index (χ2n) is 5.04. The lowest BCUT2D eigenvalue weighted by atomic mass is 9.98. The summed E-state index contributed by atoms with van der Waals surface area (Å²) in [5.41, 5.74) is 2.11. The van der Waals surface area contributed by atoms with E-state index in [-0.39, 0.29) is 19.6 Å². The molecule has 24 heavy (non-hydrogen) atoms. The molecule has 0 amide bonds. The molecule has 0 spiro atoms. The van der Waals surface area contributed by atoms with Crippen LogP contribution in [0.5, 0.6) is 23.0 Å². The van der Waals surface area contributed by atoms with Gasteiger partial charge in [-0.1, -0.05) is 12.8 Å². The summed E-state index contributed by atoms with van der Waals surface area (Å²) in [6.07, 6.45) is 4.35. The van der Waals surface area contributed by atoms with Crippen LogP contribution < -0.4 is 18.5 Å². The minimum absolute atomic E-state index is 0.242. The van der Waals surface area contributed by atoms with Gasteiger partial charge in [-0.25, -0.2) is 0 Å². The molecule has 4 nitrogen and oxygen atoms in total. The van der Waals surface area contributed by atoms with Gasteiger partial charge in [0.25, 0.3) is 0 Å². The molecule has 0 aromatic heterocycles. The molecule has 9 heteroatoms. The van der Waals surface area contributed by atoms with Crippen molar-refractivity contribution in [3.63, 3.8) is 0 Å². The third kappa shape index (κ3) is 6.13. The maximum atomic E-state index is 12.2. The largest absolute Gasteiger partial charge is 0.490 e. The number of rotatable bonds is 12. The summed E-state index contributed by atoms with van der Waals surface area (Å²) < 4.78 is 35.0. The van der Waals surface area contributed by atoms with E-state index >= 15 is 0 Å². The highest BCUT2D eigenvalue weighted by Gasteiger charge is 2.25. The van der Waals surface area contributed by atoms with Crippen molar-refractivity contribution >= 4 is 57.0 Å². The normalized spacial score (nSPS) is 11.6. The molecule has 0 N–H and O–H groups in total. The van der Waals surface area contributed by atoms with Crippen molar-refractivity contribution in [1.82, 2.24) is 0 Å². The summed E-state index contributed by atoms with van der Waals surface area (Å²) in [6, 6.07) is 0. The van der Waals surface area contributed by atoms with Crippen LogP contribution in [0.15, 0.2) is 0 Å². The topological polar surface area (TPSA) is 36.9 Å². The van der Waals surface area contributed by atoms with Gasteiger partial charge in [0.1, 0.15) is 12.9 Å². The highest BCUT2D eigenvalue weighted by atomic mass is 127. The first-order chi connectivity index (χ1) is 11.7. The van der Waals surface area contributed by atoms with Crippen molar-refractivity contribution in [2.24, 2.45) is 0 Å². The average molecular weight is 602 g/mol. The van der Waals surface area contributed by atoms with Crippen molar-refractivity contribution in [3.05, 3.63) is 11.1 Å². The van der Waals surface area contributed by atoms with Crippen LogP contribution in [-0.4, -0.2) is 20.9 Å². The van der Waals surface area contributed by atoms with Gasteiger partial charge >= 0.3 is 0 Å². The summed E-state index contributed by atoms with van der Waals surface area (Å²) >= 11 is 4.38. The molecule has 1 rings (SSSR count). The van der Waals surface area contributed by atoms with E-state index in [0.717, 1.165) is 42.6 Å². The van der Waals surface area contributed by atoms with E-state index in [2.05, 4.69) is 44.1 Å². The van der Waals surface area contributed by atoms with Crippen molar-refractivity contribution in [3.8, 4) is 23.0 Å². The molecule has 1 aromatic carbocycles. The predicted octanol–water partition coefficient (Wildman–Crippen LogP) is 6.73. The number of ether oxygens (including phenoxy) is 2. The Kier molecular flexibility index (Phi) is 12.2. The summed E-state index contributed by atoms with van der Waals surface area (Å²) in [6.45, 7) is 2.33. The van der Waals surface area contributed by atoms with E-state index < -0.39 is 0 Å². The fourth-order valence-corrected chi connectivity index (χ4v) is 4.49. The van der Waals surface area contributed by atoms with E-state index in [1.807, 2.05) is 6.92 Å². The zero-order valence-electron chi connectivity index (χ0n) is 14.0. The second-order valence-corrected chi connectivity index (χ2v) is 8.40. The Labute approximate surface area is 173 Å². The van der Waals surface area contributed by atoms with E-state index in [1.165, 1.54) is 0 Å². The van der Waals surface area contributed by atoms with Gasteiger partial charge in [-0.05, 0) is 70.3 Å². The molecule has 138 valence electrons. The molecule has 1 aromatic rings. The van der Waals surface area contributed by atoms with Crippen LogP contribution in [0.4, 0.5) is 4.39 Å². The number of unbranched alkanes of at least 4 members (excludes halogenated alkanes) is 3. The SMILES string of the molecule is COc1c(OPI)c(C)c(CCCCCCF)c(OPI)c1OC. The number of alkyl halides is 1. The van der Waals surface area contributed by atoms with E-state index in [1.54, 1.807) is 14.2 Å². The number of halogens is 3. The van der Waals surface area contributed by atoms with Gasteiger partial charge in [0.05, 0.1) is 20.9 Å². The first kappa shape index (κ1) is 22.7. The van der Waals surface area contributed by atoms with Crippen LogP contribution in [-0.2, 0) is 6.42 Å². The minimum atomic E-state index is -0.242. The zero-order chi connectivity index (χ0) is 17.9. The first-order valence-corrected chi connectivity index (χ1v) is 15.6. The van der Waals surface area contributed by atoms with E-state index in [4.69, 9.17) is 18.5 Å². The van der Waals surface area contributed by atoms with Crippen LogP contribution in [0.1, 0.15) is 36.8 Å². The molecule has 2 unspecified atom stereocenters.